The maximum Gasteiger partial charge on any atom is 0.246 e. The lowest BCUT2D eigenvalue weighted by molar-refractivity contribution is -0.335. The Bertz CT molecular complexity index is 1990. The molecule has 0 spiro atoms. The minimum atomic E-state index is -0.534. The molecule has 0 unspecified atom stereocenters. The molecule has 6 heterocycles. The number of benzene rings is 2. The molecule has 0 saturated carbocycles. The molecule has 3 fully saturated rings. The lowest BCUT2D eigenvalue weighted by Crippen LogP contribution is -2.56. The summed E-state index contributed by atoms with van der Waals surface area (Å²) in [6, 6.07) is 16.0. The second-order valence-electron chi connectivity index (χ2n) is 15.5. The summed E-state index contributed by atoms with van der Waals surface area (Å²) in [4.78, 5) is 52.5. The van der Waals surface area contributed by atoms with Gasteiger partial charge in [-0.2, -0.15) is 0 Å². The quantitative estimate of drug-likeness (QED) is 0.135. The number of amides is 2. The van der Waals surface area contributed by atoms with Crippen LogP contribution in [0.1, 0.15) is 77.1 Å². The zero-order valence-corrected chi connectivity index (χ0v) is 32.8. The van der Waals surface area contributed by atoms with Crippen molar-refractivity contribution < 1.29 is 19.1 Å². The number of ether oxygens (including phenoxy) is 2. The number of amidine groups is 1. The fourth-order valence-electron chi connectivity index (χ4n) is 7.97. The summed E-state index contributed by atoms with van der Waals surface area (Å²) in [7, 11) is 0. The van der Waals surface area contributed by atoms with E-state index in [1.807, 2.05) is 36.0 Å². The average molecular weight is 766 g/mol. The third-order valence-corrected chi connectivity index (χ3v) is 12.0. The van der Waals surface area contributed by atoms with Crippen LogP contribution in [0.15, 0.2) is 65.9 Å². The molecule has 2 aromatic carbocycles. The molecule has 14 heteroatoms. The lowest BCUT2D eigenvalue weighted by atomic mass is 10.0. The van der Waals surface area contributed by atoms with Crippen LogP contribution in [0.2, 0.25) is 0 Å². The predicted octanol–water partition coefficient (Wildman–Crippen LogP) is 6.08. The smallest absolute Gasteiger partial charge is 0.246 e. The minimum absolute atomic E-state index is 0.0447. The molecule has 0 radical (unpaired) electrons. The lowest BCUT2D eigenvalue weighted by Gasteiger charge is -2.35. The van der Waals surface area contributed by atoms with Crippen molar-refractivity contribution in [1.29, 1.82) is 0 Å². The number of aromatic nitrogens is 4. The third-order valence-electron chi connectivity index (χ3n) is 11.1. The molecular formula is C41H51N9O4S. The Morgan fingerprint density at radius 2 is 1.24 bits per heavy atom. The Hall–Kier alpha value is -4.50. The fourth-order valence-corrected chi connectivity index (χ4v) is 8.74. The standard InChI is InChI=1S/C41H51N9O4S/c1-24(2)34(47-40-42-17-20-55-40)38(51)49-18-5-7-32(49)36-43-21-30(45-36)28-13-9-26(10-14-28)27-11-15-29(16-12-27)31-22-44-37(46-31)33-8-6-19-50(33)39(52)35(25(3)4)48-41-53-23-54-41/h9-16,21-22,24-25,32-35,41,48H,5-8,17-20,23H2,1-4H3,(H,42,47)(H,43,45)(H,44,46)/t32-,33-,34-,35-/m0/s1. The Balaban J connectivity index is 0.907. The summed E-state index contributed by atoms with van der Waals surface area (Å²) in [6.45, 7) is 10.7. The number of nitrogens with one attached hydrogen (secondary N) is 4. The normalized spacial score (nSPS) is 21.3. The van der Waals surface area contributed by atoms with Gasteiger partial charge in [0.15, 0.2) is 12.0 Å². The first kappa shape index (κ1) is 37.4. The van der Waals surface area contributed by atoms with E-state index in [0.717, 1.165) is 95.0 Å². The molecule has 8 rings (SSSR count). The highest BCUT2D eigenvalue weighted by Gasteiger charge is 2.39. The van der Waals surface area contributed by atoms with Crippen LogP contribution in [-0.2, 0) is 19.1 Å². The van der Waals surface area contributed by atoms with E-state index >= 15 is 0 Å². The summed E-state index contributed by atoms with van der Waals surface area (Å²) in [5.74, 6) is 2.97. The van der Waals surface area contributed by atoms with Gasteiger partial charge in [0, 0.05) is 18.8 Å². The van der Waals surface area contributed by atoms with Gasteiger partial charge in [0.25, 0.3) is 0 Å². The summed E-state index contributed by atoms with van der Waals surface area (Å²) in [6.07, 6.45) is 6.82. The molecule has 2 aromatic heterocycles. The van der Waals surface area contributed by atoms with Crippen molar-refractivity contribution >= 4 is 28.7 Å². The third kappa shape index (κ3) is 7.95. The van der Waals surface area contributed by atoms with Crippen molar-refractivity contribution in [2.24, 2.45) is 16.8 Å². The van der Waals surface area contributed by atoms with Crippen LogP contribution in [0.3, 0.4) is 0 Å². The molecule has 2 amide bonds. The molecule has 4 N–H and O–H groups in total. The van der Waals surface area contributed by atoms with E-state index in [1.165, 1.54) is 0 Å². The maximum atomic E-state index is 13.8. The van der Waals surface area contributed by atoms with Crippen LogP contribution < -0.4 is 10.6 Å². The largest absolute Gasteiger partial charge is 0.353 e. The van der Waals surface area contributed by atoms with Gasteiger partial charge in [-0.25, -0.2) is 9.97 Å². The van der Waals surface area contributed by atoms with E-state index in [1.54, 1.807) is 11.8 Å². The van der Waals surface area contributed by atoms with E-state index in [-0.39, 0.29) is 48.6 Å². The SMILES string of the molecule is CC(C)[C@H](NC1=NCCS1)C(=O)N1CCC[C@H]1c1ncc(-c2ccc(-c3ccc(-c4cnc([C@@H]5CCCN5C(=O)[C@@H](NC5OCO5)C(C)C)[nH]4)cc3)cc2)[nH]1. The van der Waals surface area contributed by atoms with Crippen LogP contribution >= 0.6 is 11.8 Å². The van der Waals surface area contributed by atoms with Crippen LogP contribution in [0.5, 0.6) is 0 Å². The highest BCUT2D eigenvalue weighted by Crippen LogP contribution is 2.35. The Morgan fingerprint density at radius 3 is 1.67 bits per heavy atom. The van der Waals surface area contributed by atoms with Gasteiger partial charge in [0.05, 0.1) is 48.5 Å². The first-order valence-corrected chi connectivity index (χ1v) is 20.6. The average Bonchev–Trinajstić information content (AvgIpc) is 4.02. The Morgan fingerprint density at radius 1 is 0.745 bits per heavy atom. The van der Waals surface area contributed by atoms with Crippen molar-refractivity contribution in [2.45, 2.75) is 84.0 Å². The number of aromatic amines is 2. The maximum absolute atomic E-state index is 13.8. The first-order valence-electron chi connectivity index (χ1n) is 19.6. The number of imidazole rings is 2. The van der Waals surface area contributed by atoms with Gasteiger partial charge in [-0.1, -0.05) is 88.0 Å². The number of aliphatic imine (C=N–C) groups is 1. The topological polar surface area (TPSA) is 153 Å². The van der Waals surface area contributed by atoms with E-state index < -0.39 is 12.5 Å². The van der Waals surface area contributed by atoms with E-state index in [9.17, 15) is 9.59 Å². The van der Waals surface area contributed by atoms with Gasteiger partial charge in [-0.05, 0) is 59.8 Å². The Kier molecular flexibility index (Phi) is 11.1. The number of nitrogens with zero attached hydrogens (tertiary/aromatic N) is 5. The van der Waals surface area contributed by atoms with Crippen LogP contribution in [0, 0.1) is 11.8 Å². The van der Waals surface area contributed by atoms with Crippen molar-refractivity contribution in [3.05, 3.63) is 72.6 Å². The summed E-state index contributed by atoms with van der Waals surface area (Å²) >= 11 is 1.68. The van der Waals surface area contributed by atoms with Gasteiger partial charge in [-0.15, -0.1) is 0 Å². The highest BCUT2D eigenvalue weighted by molar-refractivity contribution is 8.14. The number of hydrogen-bond acceptors (Lipinski definition) is 10. The zero-order chi connectivity index (χ0) is 38.1. The van der Waals surface area contributed by atoms with E-state index in [0.29, 0.717) is 6.54 Å². The number of carbonyl (C=O) groups is 2. The molecule has 3 saturated heterocycles. The van der Waals surface area contributed by atoms with Gasteiger partial charge >= 0.3 is 0 Å². The monoisotopic (exact) mass is 765 g/mol. The molecule has 0 bridgehead atoms. The van der Waals surface area contributed by atoms with Gasteiger partial charge in [-0.3, -0.25) is 19.9 Å². The number of hydrogen-bond donors (Lipinski definition) is 4. The Labute approximate surface area is 326 Å². The van der Waals surface area contributed by atoms with Crippen LogP contribution in [0.4, 0.5) is 0 Å². The fraction of sp³-hybridized carbons (Fsp3) is 0.488. The molecule has 13 nitrogen and oxygen atoms in total. The predicted molar refractivity (Wildman–Crippen MR) is 214 cm³/mol. The number of likely N-dealkylation sites (tertiary alicyclic amines) is 2. The summed E-state index contributed by atoms with van der Waals surface area (Å²) in [5.41, 5.74) is 6.13. The van der Waals surface area contributed by atoms with E-state index in [4.69, 9.17) is 19.4 Å². The highest BCUT2D eigenvalue weighted by atomic mass is 32.2. The zero-order valence-electron chi connectivity index (χ0n) is 32.0. The minimum Gasteiger partial charge on any atom is -0.353 e. The van der Waals surface area contributed by atoms with Crippen molar-refractivity contribution in [2.75, 3.05) is 32.2 Å². The van der Waals surface area contributed by atoms with E-state index in [2.05, 4.69) is 88.0 Å². The number of rotatable bonds is 12. The van der Waals surface area contributed by atoms with Gasteiger partial charge < -0.3 is 34.6 Å². The second-order valence-corrected chi connectivity index (χ2v) is 16.6. The molecule has 4 aliphatic heterocycles. The van der Waals surface area contributed by atoms with Crippen molar-refractivity contribution in [3.63, 3.8) is 0 Å². The molecule has 4 atom stereocenters. The summed E-state index contributed by atoms with van der Waals surface area (Å²) < 4.78 is 10.7. The molecule has 290 valence electrons. The molecular weight excluding hydrogens is 715 g/mol. The number of H-pyrrole nitrogens is 2. The molecule has 55 heavy (non-hydrogen) atoms. The second kappa shape index (κ2) is 16.3. The van der Waals surface area contributed by atoms with Gasteiger partial charge in [0.1, 0.15) is 17.7 Å². The molecule has 0 aliphatic carbocycles. The van der Waals surface area contributed by atoms with Crippen molar-refractivity contribution in [3.8, 4) is 33.6 Å². The van der Waals surface area contributed by atoms with Crippen molar-refractivity contribution in [1.82, 2.24) is 40.4 Å². The molecule has 4 aromatic rings. The van der Waals surface area contributed by atoms with Gasteiger partial charge in [0.2, 0.25) is 18.2 Å². The number of thioether (sulfide) groups is 1. The molecule has 4 aliphatic rings. The van der Waals surface area contributed by atoms with Crippen LogP contribution in [0.25, 0.3) is 33.6 Å². The first-order chi connectivity index (χ1) is 26.7. The van der Waals surface area contributed by atoms with Crippen LogP contribution in [-0.4, -0.2) is 97.4 Å². The summed E-state index contributed by atoms with van der Waals surface area (Å²) in [5, 5.41) is 7.50. The number of carbonyl (C=O) groups excluding carboxylic acids is 2.